The van der Waals surface area contributed by atoms with E-state index in [2.05, 4.69) is 39.4 Å². The Bertz CT molecular complexity index is 1290. The monoisotopic (exact) mass is 466 g/mol. The van der Waals surface area contributed by atoms with E-state index in [1.54, 1.807) is 18.3 Å². The van der Waals surface area contributed by atoms with Crippen LogP contribution in [-0.2, 0) is 14.8 Å². The normalized spacial score (nSPS) is 11.7. The molecule has 0 aliphatic heterocycles. The number of nitrogens with zero attached hydrogens (tertiary/aromatic N) is 3. The molecule has 7 nitrogen and oxygen atoms in total. The van der Waals surface area contributed by atoms with E-state index in [0.29, 0.717) is 5.69 Å². The number of benzene rings is 2. The molecule has 1 heterocycles. The molecule has 1 N–H and O–H groups in total. The van der Waals surface area contributed by atoms with E-state index in [4.69, 9.17) is 0 Å². The summed E-state index contributed by atoms with van der Waals surface area (Å²) < 4.78 is 27.9. The number of rotatable bonds is 7. The molecule has 1 amide bonds. The second-order valence-electron chi connectivity index (χ2n) is 8.41. The first kappa shape index (κ1) is 24.3. The summed E-state index contributed by atoms with van der Waals surface area (Å²) in [5.41, 5.74) is 9.88. The third-order valence-corrected chi connectivity index (χ3v) is 6.48. The maximum Gasteiger partial charge on any atom is 0.260 e. The van der Waals surface area contributed by atoms with Crippen LogP contribution in [0, 0.1) is 34.6 Å². The van der Waals surface area contributed by atoms with Crippen molar-refractivity contribution in [2.45, 2.75) is 34.6 Å². The number of aromatic nitrogens is 1. The van der Waals surface area contributed by atoms with Gasteiger partial charge in [0.25, 0.3) is 5.91 Å². The molecule has 0 aliphatic carbocycles. The Hall–Kier alpha value is -3.39. The number of hydrogen-bond acceptors (Lipinski definition) is 4. The highest BCUT2D eigenvalue weighted by Gasteiger charge is 2.21. The van der Waals surface area contributed by atoms with Crippen LogP contribution in [0.5, 0.6) is 0 Å². The van der Waals surface area contributed by atoms with Crippen LogP contribution in [0.1, 0.15) is 33.6 Å². The minimum Gasteiger partial charge on any atom is -0.318 e. The molecular formula is C25H30N4O3S. The molecule has 0 saturated carbocycles. The van der Waals surface area contributed by atoms with Crippen molar-refractivity contribution in [1.82, 2.24) is 9.99 Å². The zero-order chi connectivity index (χ0) is 24.3. The van der Waals surface area contributed by atoms with Gasteiger partial charge in [-0.25, -0.2) is 13.8 Å². The smallest absolute Gasteiger partial charge is 0.260 e. The molecule has 3 rings (SSSR count). The molecule has 174 valence electrons. The molecule has 0 atom stereocenters. The van der Waals surface area contributed by atoms with Crippen molar-refractivity contribution in [3.63, 3.8) is 0 Å². The molecule has 0 unspecified atom stereocenters. The van der Waals surface area contributed by atoms with Crippen molar-refractivity contribution in [2.75, 3.05) is 17.1 Å². The van der Waals surface area contributed by atoms with Crippen molar-refractivity contribution in [3.05, 3.63) is 82.2 Å². The van der Waals surface area contributed by atoms with Crippen LogP contribution in [0.25, 0.3) is 5.69 Å². The number of hydrogen-bond donors (Lipinski definition) is 1. The van der Waals surface area contributed by atoms with Gasteiger partial charge >= 0.3 is 0 Å². The first-order chi connectivity index (χ1) is 15.5. The van der Waals surface area contributed by atoms with Crippen LogP contribution < -0.4 is 9.73 Å². The molecule has 1 aromatic heterocycles. The number of nitrogens with one attached hydrogen (secondary N) is 1. The summed E-state index contributed by atoms with van der Waals surface area (Å²) >= 11 is 0. The Kier molecular flexibility index (Phi) is 7.07. The molecule has 0 spiro atoms. The van der Waals surface area contributed by atoms with Crippen LogP contribution in [0.3, 0.4) is 0 Å². The van der Waals surface area contributed by atoms with Gasteiger partial charge in [0.15, 0.2) is 0 Å². The van der Waals surface area contributed by atoms with Crippen molar-refractivity contribution in [3.8, 4) is 5.69 Å². The fourth-order valence-electron chi connectivity index (χ4n) is 3.84. The summed E-state index contributed by atoms with van der Waals surface area (Å²) in [5, 5.41) is 4.07. The number of sulfonamides is 1. The molecule has 0 bridgehead atoms. The Morgan fingerprint density at radius 2 is 1.58 bits per heavy atom. The van der Waals surface area contributed by atoms with Crippen LogP contribution in [0.4, 0.5) is 5.69 Å². The lowest BCUT2D eigenvalue weighted by Crippen LogP contribution is -2.39. The van der Waals surface area contributed by atoms with E-state index in [9.17, 15) is 13.2 Å². The van der Waals surface area contributed by atoms with Gasteiger partial charge in [-0.1, -0.05) is 23.8 Å². The van der Waals surface area contributed by atoms with E-state index in [0.717, 1.165) is 44.3 Å². The van der Waals surface area contributed by atoms with Gasteiger partial charge in [0, 0.05) is 22.6 Å². The second kappa shape index (κ2) is 9.62. The standard InChI is InChI=1S/C25H30N4O3S/c1-17-7-9-23(10-8-17)29-20(4)14-22(21(29)5)15-26-27-25(30)16-28(33(6,31)32)24-12-18(2)11-19(3)13-24/h7-15H,16H2,1-6H3,(H,27,30)/b26-15-. The minimum absolute atomic E-state index is 0.360. The van der Waals surface area contributed by atoms with Crippen LogP contribution >= 0.6 is 0 Å². The summed E-state index contributed by atoms with van der Waals surface area (Å²) in [7, 11) is -3.65. The average molecular weight is 467 g/mol. The van der Waals surface area contributed by atoms with Crippen LogP contribution in [-0.4, -0.2) is 37.9 Å². The highest BCUT2D eigenvalue weighted by atomic mass is 32.2. The van der Waals surface area contributed by atoms with Crippen LogP contribution in [0.2, 0.25) is 0 Å². The van der Waals surface area contributed by atoms with E-state index in [-0.39, 0.29) is 6.54 Å². The number of carbonyl (C=O) groups excluding carboxylic acids is 1. The predicted molar refractivity (Wildman–Crippen MR) is 134 cm³/mol. The lowest BCUT2D eigenvalue weighted by molar-refractivity contribution is -0.119. The summed E-state index contributed by atoms with van der Waals surface area (Å²) in [6.07, 6.45) is 2.66. The van der Waals surface area contributed by atoms with Gasteiger partial charge in [-0.05, 0) is 76.1 Å². The summed E-state index contributed by atoms with van der Waals surface area (Å²) in [6.45, 7) is 9.45. The Morgan fingerprint density at radius 3 is 2.15 bits per heavy atom. The van der Waals surface area contributed by atoms with Gasteiger partial charge in [0.1, 0.15) is 6.54 Å². The minimum atomic E-state index is -3.65. The van der Waals surface area contributed by atoms with Crippen LogP contribution in [0.15, 0.2) is 53.6 Å². The fourth-order valence-corrected chi connectivity index (χ4v) is 4.68. The van der Waals surface area contributed by atoms with Gasteiger partial charge in [-0.15, -0.1) is 0 Å². The first-order valence-corrected chi connectivity index (χ1v) is 12.4. The SMILES string of the molecule is Cc1ccc(-n2c(C)cc(/C=N\NC(=O)CN(c3cc(C)cc(C)c3)S(C)(=O)=O)c2C)cc1. The summed E-state index contributed by atoms with van der Waals surface area (Å²) in [6, 6.07) is 15.7. The molecule has 0 fully saturated rings. The Balaban J connectivity index is 1.75. The molecule has 8 heteroatoms. The Morgan fingerprint density at radius 1 is 0.970 bits per heavy atom. The summed E-state index contributed by atoms with van der Waals surface area (Å²) in [5.74, 6) is -0.525. The number of hydrazone groups is 1. The highest BCUT2D eigenvalue weighted by Crippen LogP contribution is 2.22. The van der Waals surface area contributed by atoms with Crippen molar-refractivity contribution in [1.29, 1.82) is 0 Å². The average Bonchev–Trinajstić information content (AvgIpc) is 2.98. The maximum absolute atomic E-state index is 12.5. The van der Waals surface area contributed by atoms with E-state index < -0.39 is 15.9 Å². The summed E-state index contributed by atoms with van der Waals surface area (Å²) in [4.78, 5) is 12.5. The van der Waals surface area contributed by atoms with Gasteiger partial charge in [-0.2, -0.15) is 5.10 Å². The number of amides is 1. The zero-order valence-corrected chi connectivity index (χ0v) is 20.7. The Labute approximate surface area is 195 Å². The highest BCUT2D eigenvalue weighted by molar-refractivity contribution is 7.92. The third-order valence-electron chi connectivity index (χ3n) is 5.34. The van der Waals surface area contributed by atoms with Gasteiger partial charge in [0.05, 0.1) is 18.2 Å². The van der Waals surface area contributed by atoms with Crippen molar-refractivity contribution < 1.29 is 13.2 Å². The molecule has 0 saturated heterocycles. The number of carbonyl (C=O) groups is 1. The predicted octanol–water partition coefficient (Wildman–Crippen LogP) is 3.94. The van der Waals surface area contributed by atoms with Gasteiger partial charge in [0.2, 0.25) is 10.0 Å². The van der Waals surface area contributed by atoms with E-state index >= 15 is 0 Å². The lowest BCUT2D eigenvalue weighted by atomic mass is 10.1. The van der Waals surface area contributed by atoms with E-state index in [1.807, 2.05) is 46.8 Å². The molecule has 33 heavy (non-hydrogen) atoms. The second-order valence-corrected chi connectivity index (χ2v) is 10.3. The largest absolute Gasteiger partial charge is 0.318 e. The molecular weight excluding hydrogens is 436 g/mol. The molecule has 0 aliphatic rings. The quantitative estimate of drug-likeness (QED) is 0.423. The molecule has 0 radical (unpaired) electrons. The maximum atomic E-state index is 12.5. The lowest BCUT2D eigenvalue weighted by Gasteiger charge is -2.22. The first-order valence-electron chi connectivity index (χ1n) is 10.6. The van der Waals surface area contributed by atoms with E-state index in [1.165, 1.54) is 5.56 Å². The van der Waals surface area contributed by atoms with Gasteiger partial charge in [-0.3, -0.25) is 9.10 Å². The van der Waals surface area contributed by atoms with Crippen molar-refractivity contribution in [2.24, 2.45) is 5.10 Å². The van der Waals surface area contributed by atoms with Crippen molar-refractivity contribution >= 4 is 27.8 Å². The third kappa shape index (κ3) is 5.90. The molecule has 3 aromatic rings. The zero-order valence-electron chi connectivity index (χ0n) is 19.9. The topological polar surface area (TPSA) is 83.8 Å². The fraction of sp³-hybridized carbons (Fsp3) is 0.280. The number of aryl methyl sites for hydroxylation is 4. The number of anilines is 1. The molecule has 2 aromatic carbocycles. The van der Waals surface area contributed by atoms with Gasteiger partial charge < -0.3 is 4.57 Å².